The van der Waals surface area contributed by atoms with Crippen molar-refractivity contribution in [3.05, 3.63) is 11.9 Å². The molecule has 2 heterocycles. The Morgan fingerprint density at radius 3 is 3.00 bits per heavy atom. The van der Waals surface area contributed by atoms with Crippen molar-refractivity contribution in [3.63, 3.8) is 0 Å². The smallest absolute Gasteiger partial charge is 0.0827 e. The van der Waals surface area contributed by atoms with Crippen LogP contribution in [0.5, 0.6) is 0 Å². The molecule has 1 aromatic heterocycles. The zero-order chi connectivity index (χ0) is 13.1. The van der Waals surface area contributed by atoms with Crippen LogP contribution in [-0.4, -0.2) is 32.6 Å². The third-order valence-corrected chi connectivity index (χ3v) is 4.66. The summed E-state index contributed by atoms with van der Waals surface area (Å²) in [6, 6.07) is 0. The molecule has 2 aliphatic rings. The van der Waals surface area contributed by atoms with Crippen LogP contribution < -0.4 is 0 Å². The summed E-state index contributed by atoms with van der Waals surface area (Å²) in [5.41, 5.74) is 1.25. The summed E-state index contributed by atoms with van der Waals surface area (Å²) in [4.78, 5) is 0. The van der Waals surface area contributed by atoms with Gasteiger partial charge in [0.2, 0.25) is 0 Å². The highest BCUT2D eigenvalue weighted by Crippen LogP contribution is 2.43. The second kappa shape index (κ2) is 5.80. The van der Waals surface area contributed by atoms with E-state index in [1.807, 2.05) is 10.9 Å². The van der Waals surface area contributed by atoms with Crippen molar-refractivity contribution in [2.75, 3.05) is 5.88 Å². The predicted octanol–water partition coefficient (Wildman–Crippen LogP) is 2.94. The van der Waals surface area contributed by atoms with Crippen LogP contribution in [0.15, 0.2) is 6.20 Å². The molecule has 3 rings (SSSR count). The van der Waals surface area contributed by atoms with E-state index in [9.17, 15) is 0 Å². The van der Waals surface area contributed by atoms with Gasteiger partial charge in [-0.3, -0.25) is 0 Å². The minimum Gasteiger partial charge on any atom is -0.370 e. The second-order valence-electron chi connectivity index (χ2n) is 5.89. The normalized spacial score (nSPS) is 25.4. The zero-order valence-corrected chi connectivity index (χ0v) is 12.1. The first-order valence-electron chi connectivity index (χ1n) is 7.42. The van der Waals surface area contributed by atoms with Gasteiger partial charge >= 0.3 is 0 Å². The van der Waals surface area contributed by atoms with Crippen LogP contribution in [0.25, 0.3) is 0 Å². The average molecular weight is 284 g/mol. The number of halogens is 1. The fourth-order valence-corrected chi connectivity index (χ4v) is 3.54. The molecular formula is C14H22ClN3O. The number of alkyl halides is 1. The van der Waals surface area contributed by atoms with Gasteiger partial charge in [0.05, 0.1) is 23.9 Å². The molecule has 1 aliphatic heterocycles. The van der Waals surface area contributed by atoms with Crippen molar-refractivity contribution in [1.29, 1.82) is 0 Å². The summed E-state index contributed by atoms with van der Waals surface area (Å²) in [6.45, 7) is 0.843. The van der Waals surface area contributed by atoms with Crippen molar-refractivity contribution >= 4 is 11.6 Å². The van der Waals surface area contributed by atoms with Crippen LogP contribution in [0.2, 0.25) is 0 Å². The molecule has 1 spiro atoms. The Hall–Kier alpha value is -0.610. The minimum atomic E-state index is 0.215. The molecule has 106 valence electrons. The SMILES string of the molecule is ClCCCc1cn(CC2CCC3(CCCC3)O2)nn1. The van der Waals surface area contributed by atoms with Gasteiger partial charge in [-0.15, -0.1) is 16.7 Å². The molecule has 1 aliphatic carbocycles. The van der Waals surface area contributed by atoms with E-state index in [1.54, 1.807) is 0 Å². The number of nitrogens with zero attached hydrogens (tertiary/aromatic N) is 3. The molecular weight excluding hydrogens is 262 g/mol. The van der Waals surface area contributed by atoms with Crippen LogP contribution >= 0.6 is 11.6 Å². The molecule has 19 heavy (non-hydrogen) atoms. The molecule has 0 amide bonds. The summed E-state index contributed by atoms with van der Waals surface area (Å²) < 4.78 is 8.23. The van der Waals surface area contributed by atoms with Crippen molar-refractivity contribution in [1.82, 2.24) is 15.0 Å². The number of rotatable bonds is 5. The van der Waals surface area contributed by atoms with E-state index in [2.05, 4.69) is 10.3 Å². The Kier molecular flexibility index (Phi) is 4.08. The van der Waals surface area contributed by atoms with Gasteiger partial charge < -0.3 is 4.74 Å². The molecule has 4 nitrogen and oxygen atoms in total. The monoisotopic (exact) mass is 283 g/mol. The maximum atomic E-state index is 6.29. The number of aromatic nitrogens is 3. The quantitative estimate of drug-likeness (QED) is 0.780. The van der Waals surface area contributed by atoms with Gasteiger partial charge in [0, 0.05) is 12.1 Å². The van der Waals surface area contributed by atoms with Crippen molar-refractivity contribution in [2.24, 2.45) is 0 Å². The fourth-order valence-electron chi connectivity index (χ4n) is 3.41. The molecule has 1 aromatic rings. The number of hydrogen-bond donors (Lipinski definition) is 0. The predicted molar refractivity (Wildman–Crippen MR) is 74.4 cm³/mol. The van der Waals surface area contributed by atoms with Crippen LogP contribution in [0.4, 0.5) is 0 Å². The van der Waals surface area contributed by atoms with Gasteiger partial charge in [-0.2, -0.15) is 0 Å². The van der Waals surface area contributed by atoms with E-state index < -0.39 is 0 Å². The third-order valence-electron chi connectivity index (χ3n) is 4.40. The maximum absolute atomic E-state index is 6.29. The molecule has 0 aromatic carbocycles. The fraction of sp³-hybridized carbons (Fsp3) is 0.857. The highest BCUT2D eigenvalue weighted by atomic mass is 35.5. The molecule has 0 N–H and O–H groups in total. The van der Waals surface area contributed by atoms with E-state index in [4.69, 9.17) is 16.3 Å². The lowest BCUT2D eigenvalue weighted by Crippen LogP contribution is -2.26. The molecule has 1 unspecified atom stereocenters. The summed E-state index contributed by atoms with van der Waals surface area (Å²) in [6.07, 6.45) is 11.8. The summed E-state index contributed by atoms with van der Waals surface area (Å²) in [5, 5.41) is 8.37. The largest absolute Gasteiger partial charge is 0.370 e. The van der Waals surface area contributed by atoms with Crippen molar-refractivity contribution in [3.8, 4) is 0 Å². The molecule has 1 atom stereocenters. The number of ether oxygens (including phenoxy) is 1. The lowest BCUT2D eigenvalue weighted by molar-refractivity contribution is -0.0430. The van der Waals surface area contributed by atoms with Gasteiger partial charge in [0.1, 0.15) is 0 Å². The lowest BCUT2D eigenvalue weighted by atomic mass is 9.98. The second-order valence-corrected chi connectivity index (χ2v) is 6.27. The first kappa shape index (κ1) is 13.4. The van der Waals surface area contributed by atoms with Crippen LogP contribution in [0, 0.1) is 0 Å². The van der Waals surface area contributed by atoms with Gasteiger partial charge in [0.15, 0.2) is 0 Å². The van der Waals surface area contributed by atoms with Crippen LogP contribution in [0.1, 0.15) is 50.6 Å². The van der Waals surface area contributed by atoms with E-state index in [0.29, 0.717) is 12.0 Å². The van der Waals surface area contributed by atoms with E-state index >= 15 is 0 Å². The average Bonchev–Trinajstić information content (AvgIpc) is 3.12. The van der Waals surface area contributed by atoms with Gasteiger partial charge in [-0.05, 0) is 38.5 Å². The van der Waals surface area contributed by atoms with Crippen molar-refractivity contribution < 1.29 is 4.74 Å². The first-order valence-corrected chi connectivity index (χ1v) is 7.96. The van der Waals surface area contributed by atoms with Crippen LogP contribution in [0.3, 0.4) is 0 Å². The molecule has 1 saturated heterocycles. The zero-order valence-electron chi connectivity index (χ0n) is 11.4. The Morgan fingerprint density at radius 2 is 2.21 bits per heavy atom. The Balaban J connectivity index is 1.53. The summed E-state index contributed by atoms with van der Waals surface area (Å²) in [5.74, 6) is 0.682. The molecule has 1 saturated carbocycles. The number of hydrogen-bond acceptors (Lipinski definition) is 3. The molecule has 0 bridgehead atoms. The highest BCUT2D eigenvalue weighted by Gasteiger charge is 2.42. The van der Waals surface area contributed by atoms with E-state index in [1.165, 1.54) is 32.1 Å². The lowest BCUT2D eigenvalue weighted by Gasteiger charge is -2.23. The topological polar surface area (TPSA) is 39.9 Å². The minimum absolute atomic E-state index is 0.215. The van der Waals surface area contributed by atoms with E-state index in [-0.39, 0.29) is 5.60 Å². The highest BCUT2D eigenvalue weighted by molar-refractivity contribution is 6.17. The van der Waals surface area contributed by atoms with Gasteiger partial charge in [-0.1, -0.05) is 18.1 Å². The van der Waals surface area contributed by atoms with Crippen LogP contribution in [-0.2, 0) is 17.7 Å². The van der Waals surface area contributed by atoms with Crippen molar-refractivity contribution in [2.45, 2.75) is 69.6 Å². The van der Waals surface area contributed by atoms with Gasteiger partial charge in [0.25, 0.3) is 0 Å². The summed E-state index contributed by atoms with van der Waals surface area (Å²) in [7, 11) is 0. The Morgan fingerprint density at radius 1 is 1.37 bits per heavy atom. The summed E-state index contributed by atoms with van der Waals surface area (Å²) >= 11 is 5.69. The molecule has 5 heteroatoms. The standard InChI is InChI=1S/C14H22ClN3O/c15-9-3-4-12-10-18(17-16-12)11-13-5-8-14(19-13)6-1-2-7-14/h10,13H,1-9,11H2. The molecule has 0 radical (unpaired) electrons. The molecule has 2 fully saturated rings. The number of aryl methyl sites for hydroxylation is 1. The van der Waals surface area contributed by atoms with Gasteiger partial charge in [-0.25, -0.2) is 4.68 Å². The Bertz CT molecular complexity index is 415. The first-order chi connectivity index (χ1) is 9.30. The Labute approximate surface area is 119 Å². The maximum Gasteiger partial charge on any atom is 0.0827 e. The third kappa shape index (κ3) is 3.11. The van der Waals surface area contributed by atoms with E-state index in [0.717, 1.165) is 31.5 Å².